The lowest BCUT2D eigenvalue weighted by atomic mass is 10.3. The van der Waals surface area contributed by atoms with Crippen molar-refractivity contribution in [1.29, 1.82) is 0 Å². The maximum atomic E-state index is 11.9. The fourth-order valence-corrected chi connectivity index (χ4v) is 1.94. The quantitative estimate of drug-likeness (QED) is 0.820. The molecule has 1 aromatic carbocycles. The number of aromatic nitrogens is 1. The number of hydrogen-bond acceptors (Lipinski definition) is 2. The van der Waals surface area contributed by atoms with Crippen LogP contribution in [0.5, 0.6) is 0 Å². The molecule has 0 saturated heterocycles. The minimum absolute atomic E-state index is 0.277. The van der Waals surface area contributed by atoms with Crippen molar-refractivity contribution in [3.63, 3.8) is 0 Å². The number of benzene rings is 1. The molecule has 0 saturated carbocycles. The molecule has 18 heavy (non-hydrogen) atoms. The van der Waals surface area contributed by atoms with Crippen molar-refractivity contribution in [3.05, 3.63) is 56.2 Å². The number of carbonyl (C=O) groups is 1. The SMILES string of the molecule is O=C(Nc1ccc(Br)c(Cl)c1)c1ccc(Br)cn1. The number of nitrogens with one attached hydrogen (secondary N) is 1. The van der Waals surface area contributed by atoms with E-state index in [2.05, 4.69) is 42.2 Å². The van der Waals surface area contributed by atoms with Gasteiger partial charge in [0.15, 0.2) is 0 Å². The summed E-state index contributed by atoms with van der Waals surface area (Å²) in [6, 6.07) is 8.60. The third-order valence-corrected chi connectivity index (χ3v) is 3.84. The van der Waals surface area contributed by atoms with Crippen molar-refractivity contribution in [1.82, 2.24) is 4.98 Å². The van der Waals surface area contributed by atoms with Crippen LogP contribution in [-0.4, -0.2) is 10.9 Å². The van der Waals surface area contributed by atoms with Crippen molar-refractivity contribution in [2.45, 2.75) is 0 Å². The highest BCUT2D eigenvalue weighted by molar-refractivity contribution is 9.10. The van der Waals surface area contributed by atoms with E-state index in [9.17, 15) is 4.79 Å². The summed E-state index contributed by atoms with van der Waals surface area (Å²) in [6.45, 7) is 0. The molecule has 0 radical (unpaired) electrons. The van der Waals surface area contributed by atoms with Crippen LogP contribution in [0.25, 0.3) is 0 Å². The van der Waals surface area contributed by atoms with Gasteiger partial charge < -0.3 is 5.32 Å². The maximum Gasteiger partial charge on any atom is 0.274 e. The third-order valence-electron chi connectivity index (χ3n) is 2.14. The van der Waals surface area contributed by atoms with Gasteiger partial charge in [-0.15, -0.1) is 0 Å². The predicted molar refractivity (Wildman–Crippen MR) is 79.0 cm³/mol. The molecule has 0 aliphatic carbocycles. The van der Waals surface area contributed by atoms with Gasteiger partial charge >= 0.3 is 0 Å². The van der Waals surface area contributed by atoms with Gasteiger partial charge in [0.05, 0.1) is 5.02 Å². The Morgan fingerprint density at radius 1 is 1.22 bits per heavy atom. The molecule has 0 aliphatic heterocycles. The van der Waals surface area contributed by atoms with Gasteiger partial charge in [0.25, 0.3) is 5.91 Å². The van der Waals surface area contributed by atoms with E-state index in [4.69, 9.17) is 11.6 Å². The minimum Gasteiger partial charge on any atom is -0.321 e. The van der Waals surface area contributed by atoms with Gasteiger partial charge in [0.2, 0.25) is 0 Å². The van der Waals surface area contributed by atoms with Crippen LogP contribution in [-0.2, 0) is 0 Å². The van der Waals surface area contributed by atoms with Crippen LogP contribution in [0, 0.1) is 0 Å². The zero-order valence-corrected chi connectivity index (χ0v) is 12.9. The van der Waals surface area contributed by atoms with Crippen LogP contribution >= 0.6 is 43.5 Å². The summed E-state index contributed by atoms with van der Waals surface area (Å²) in [5.41, 5.74) is 0.968. The monoisotopic (exact) mass is 388 g/mol. The standard InChI is InChI=1S/C12H7Br2ClN2O/c13-7-1-4-11(16-6-7)12(18)17-8-2-3-9(14)10(15)5-8/h1-6H,(H,17,18). The Morgan fingerprint density at radius 2 is 2.00 bits per heavy atom. The van der Waals surface area contributed by atoms with E-state index in [-0.39, 0.29) is 5.91 Å². The number of nitrogens with zero attached hydrogens (tertiary/aromatic N) is 1. The normalized spacial score (nSPS) is 10.2. The number of anilines is 1. The molecule has 1 N–H and O–H groups in total. The van der Waals surface area contributed by atoms with Crippen molar-refractivity contribution < 1.29 is 4.79 Å². The molecule has 1 heterocycles. The fourth-order valence-electron chi connectivity index (χ4n) is 1.28. The van der Waals surface area contributed by atoms with Gasteiger partial charge in [0.1, 0.15) is 5.69 Å². The highest BCUT2D eigenvalue weighted by Crippen LogP contribution is 2.25. The first kappa shape index (κ1) is 13.5. The summed E-state index contributed by atoms with van der Waals surface area (Å²) in [7, 11) is 0. The Labute approximate surface area is 126 Å². The Morgan fingerprint density at radius 3 is 2.61 bits per heavy atom. The van der Waals surface area contributed by atoms with Gasteiger partial charge in [0, 0.05) is 20.8 Å². The van der Waals surface area contributed by atoms with Gasteiger partial charge in [-0.25, -0.2) is 4.98 Å². The Hall–Kier alpha value is -0.910. The molecule has 1 aromatic heterocycles. The highest BCUT2D eigenvalue weighted by Gasteiger charge is 2.08. The second-order valence-electron chi connectivity index (χ2n) is 3.44. The molecule has 0 fully saturated rings. The molecule has 6 heteroatoms. The summed E-state index contributed by atoms with van der Waals surface area (Å²) >= 11 is 12.5. The molecular formula is C12H7Br2ClN2O. The third kappa shape index (κ3) is 3.31. The van der Waals surface area contributed by atoms with Crippen molar-refractivity contribution in [3.8, 4) is 0 Å². The lowest BCUT2D eigenvalue weighted by molar-refractivity contribution is 0.102. The molecule has 2 rings (SSSR count). The zero-order chi connectivity index (χ0) is 13.1. The topological polar surface area (TPSA) is 42.0 Å². The van der Waals surface area contributed by atoms with Crippen LogP contribution in [0.3, 0.4) is 0 Å². The van der Waals surface area contributed by atoms with Gasteiger partial charge in [-0.05, 0) is 62.2 Å². The first-order valence-corrected chi connectivity index (χ1v) is 6.90. The molecule has 92 valence electrons. The molecular weight excluding hydrogens is 383 g/mol. The molecule has 0 bridgehead atoms. The summed E-state index contributed by atoms with van der Waals surface area (Å²) in [4.78, 5) is 15.9. The summed E-state index contributed by atoms with van der Waals surface area (Å²) in [5.74, 6) is -0.277. The van der Waals surface area contributed by atoms with E-state index in [1.54, 1.807) is 36.5 Å². The van der Waals surface area contributed by atoms with Crippen molar-refractivity contribution in [2.75, 3.05) is 5.32 Å². The second kappa shape index (κ2) is 5.82. The Kier molecular flexibility index (Phi) is 4.37. The van der Waals surface area contributed by atoms with Crippen LogP contribution in [0.2, 0.25) is 5.02 Å². The Bertz CT molecular complexity index is 587. The van der Waals surface area contributed by atoms with Crippen LogP contribution in [0.15, 0.2) is 45.5 Å². The lowest BCUT2D eigenvalue weighted by Gasteiger charge is -2.05. The molecule has 0 spiro atoms. The van der Waals surface area contributed by atoms with E-state index < -0.39 is 0 Å². The molecule has 3 nitrogen and oxygen atoms in total. The number of pyridine rings is 1. The second-order valence-corrected chi connectivity index (χ2v) is 5.62. The van der Waals surface area contributed by atoms with E-state index in [1.165, 1.54) is 0 Å². The van der Waals surface area contributed by atoms with Crippen molar-refractivity contribution in [2.24, 2.45) is 0 Å². The van der Waals surface area contributed by atoms with E-state index in [0.29, 0.717) is 16.4 Å². The molecule has 0 atom stereocenters. The van der Waals surface area contributed by atoms with Gasteiger partial charge in [-0.1, -0.05) is 11.6 Å². The average Bonchev–Trinajstić information content (AvgIpc) is 2.34. The first-order chi connectivity index (χ1) is 8.56. The number of hydrogen-bond donors (Lipinski definition) is 1. The molecule has 2 aromatic rings. The van der Waals surface area contributed by atoms with E-state index >= 15 is 0 Å². The summed E-state index contributed by atoms with van der Waals surface area (Å²) < 4.78 is 1.61. The number of amides is 1. The van der Waals surface area contributed by atoms with Crippen LogP contribution in [0.1, 0.15) is 10.5 Å². The van der Waals surface area contributed by atoms with Crippen LogP contribution < -0.4 is 5.32 Å². The van der Waals surface area contributed by atoms with Gasteiger partial charge in [-0.2, -0.15) is 0 Å². The summed E-state index contributed by atoms with van der Waals surface area (Å²) in [5, 5.41) is 3.26. The highest BCUT2D eigenvalue weighted by atomic mass is 79.9. The predicted octanol–water partition coefficient (Wildman–Crippen LogP) is 4.51. The number of carbonyl (C=O) groups excluding carboxylic acids is 1. The smallest absolute Gasteiger partial charge is 0.274 e. The lowest BCUT2D eigenvalue weighted by Crippen LogP contribution is -2.13. The maximum absolute atomic E-state index is 11.9. The van der Waals surface area contributed by atoms with E-state index in [1.807, 2.05) is 0 Å². The molecule has 1 amide bonds. The van der Waals surface area contributed by atoms with Crippen LogP contribution in [0.4, 0.5) is 5.69 Å². The largest absolute Gasteiger partial charge is 0.321 e. The summed E-state index contributed by atoms with van der Waals surface area (Å²) in [6.07, 6.45) is 1.57. The molecule has 0 unspecified atom stereocenters. The zero-order valence-electron chi connectivity index (χ0n) is 8.95. The molecule has 0 aliphatic rings. The average molecular weight is 390 g/mol. The van der Waals surface area contributed by atoms with Crippen molar-refractivity contribution >= 4 is 55.1 Å². The number of rotatable bonds is 2. The first-order valence-electron chi connectivity index (χ1n) is 4.94. The van der Waals surface area contributed by atoms with Gasteiger partial charge in [-0.3, -0.25) is 4.79 Å². The van der Waals surface area contributed by atoms with E-state index in [0.717, 1.165) is 8.95 Å². The number of halogens is 3. The fraction of sp³-hybridized carbons (Fsp3) is 0. The minimum atomic E-state index is -0.277. The Balaban J connectivity index is 2.16.